The third-order valence-corrected chi connectivity index (χ3v) is 6.70. The molecule has 0 unspecified atom stereocenters. The molecule has 0 aliphatic carbocycles. The van der Waals surface area contributed by atoms with Crippen molar-refractivity contribution in [3.8, 4) is 11.3 Å². The molecule has 2 aromatic carbocycles. The van der Waals surface area contributed by atoms with Gasteiger partial charge in [-0.1, -0.05) is 49.4 Å². The van der Waals surface area contributed by atoms with Gasteiger partial charge in [0.15, 0.2) is 0 Å². The van der Waals surface area contributed by atoms with Crippen molar-refractivity contribution in [2.75, 3.05) is 5.32 Å². The van der Waals surface area contributed by atoms with Crippen LogP contribution in [0.4, 0.5) is 5.69 Å². The Morgan fingerprint density at radius 3 is 2.64 bits per heavy atom. The number of benzene rings is 2. The molecule has 5 rings (SSSR count). The zero-order valence-corrected chi connectivity index (χ0v) is 19.1. The lowest BCUT2D eigenvalue weighted by atomic mass is 10.1. The summed E-state index contributed by atoms with van der Waals surface area (Å²) in [5.74, 6) is 0.233. The minimum absolute atomic E-state index is 0.0963. The van der Waals surface area contributed by atoms with Gasteiger partial charge >= 0.3 is 0 Å². The molecule has 7 heteroatoms. The van der Waals surface area contributed by atoms with Gasteiger partial charge in [0.1, 0.15) is 21.9 Å². The lowest BCUT2D eigenvalue weighted by molar-refractivity contribution is -0.116. The van der Waals surface area contributed by atoms with Gasteiger partial charge in [-0.2, -0.15) is 0 Å². The number of hydrogen-bond acceptors (Lipinski definition) is 5. The maximum atomic E-state index is 13.3. The standard InChI is InChI=1S/C26H22N4O2S/c1-3-17-8-7-11-19(14-17)28-22(31)15-30-16(2)27-23-20-12-13-21(18-9-5-4-6-10-18)29-25(20)33-24(23)26(30)32/h4-14H,3,15H2,1-2H3,(H,28,31). The highest BCUT2D eigenvalue weighted by Crippen LogP contribution is 2.31. The smallest absolute Gasteiger partial charge is 0.272 e. The van der Waals surface area contributed by atoms with Crippen LogP contribution < -0.4 is 10.9 Å². The second kappa shape index (κ2) is 8.60. The fourth-order valence-electron chi connectivity index (χ4n) is 3.88. The summed E-state index contributed by atoms with van der Waals surface area (Å²) in [5.41, 5.74) is 4.13. The number of carbonyl (C=O) groups is 1. The van der Waals surface area contributed by atoms with E-state index in [0.29, 0.717) is 16.0 Å². The van der Waals surface area contributed by atoms with Gasteiger partial charge in [-0.05, 0) is 43.2 Å². The van der Waals surface area contributed by atoms with Gasteiger partial charge in [0.2, 0.25) is 5.91 Å². The van der Waals surface area contributed by atoms with E-state index in [0.717, 1.165) is 39.1 Å². The number of hydrogen-bond donors (Lipinski definition) is 1. The number of thiophene rings is 1. The molecule has 3 heterocycles. The summed E-state index contributed by atoms with van der Waals surface area (Å²) in [6.45, 7) is 3.72. The summed E-state index contributed by atoms with van der Waals surface area (Å²) in [7, 11) is 0. The average molecular weight is 455 g/mol. The fourth-order valence-corrected chi connectivity index (χ4v) is 4.94. The van der Waals surface area contributed by atoms with E-state index in [1.807, 2.05) is 66.7 Å². The molecule has 0 atom stereocenters. The van der Waals surface area contributed by atoms with E-state index in [1.54, 1.807) is 6.92 Å². The minimum atomic E-state index is -0.264. The molecular formula is C26H22N4O2S. The highest BCUT2D eigenvalue weighted by Gasteiger charge is 2.17. The van der Waals surface area contributed by atoms with Gasteiger partial charge in [-0.25, -0.2) is 9.97 Å². The van der Waals surface area contributed by atoms with Gasteiger partial charge in [-0.15, -0.1) is 11.3 Å². The van der Waals surface area contributed by atoms with Crippen LogP contribution in [-0.4, -0.2) is 20.4 Å². The summed E-state index contributed by atoms with van der Waals surface area (Å²) in [6.07, 6.45) is 0.884. The molecule has 0 spiro atoms. The van der Waals surface area contributed by atoms with Crippen molar-refractivity contribution in [2.45, 2.75) is 26.8 Å². The van der Waals surface area contributed by atoms with Gasteiger partial charge in [0.05, 0.1) is 11.2 Å². The summed E-state index contributed by atoms with van der Waals surface area (Å²) >= 11 is 1.32. The Kier molecular flexibility index (Phi) is 5.48. The normalized spacial score (nSPS) is 11.2. The topological polar surface area (TPSA) is 76.9 Å². The van der Waals surface area contributed by atoms with Gasteiger partial charge in [0, 0.05) is 16.6 Å². The van der Waals surface area contributed by atoms with E-state index in [1.165, 1.54) is 15.9 Å². The number of carbonyl (C=O) groups excluding carboxylic acids is 1. The molecule has 5 aromatic rings. The molecule has 0 fully saturated rings. The third-order valence-electron chi connectivity index (χ3n) is 5.62. The number of nitrogens with zero attached hydrogens (tertiary/aromatic N) is 3. The first-order chi connectivity index (χ1) is 16.0. The maximum absolute atomic E-state index is 13.3. The molecule has 0 saturated heterocycles. The fraction of sp³-hybridized carbons (Fsp3) is 0.154. The first-order valence-electron chi connectivity index (χ1n) is 10.8. The number of rotatable bonds is 5. The van der Waals surface area contributed by atoms with Crippen LogP contribution in [-0.2, 0) is 17.8 Å². The Morgan fingerprint density at radius 2 is 1.85 bits per heavy atom. The SMILES string of the molecule is CCc1cccc(NC(=O)Cn2c(C)nc3c(sc4nc(-c5ccccc5)ccc43)c2=O)c1. The lowest BCUT2D eigenvalue weighted by Crippen LogP contribution is -2.29. The maximum Gasteiger partial charge on any atom is 0.272 e. The molecule has 0 saturated carbocycles. The predicted molar refractivity (Wildman–Crippen MR) is 134 cm³/mol. The van der Waals surface area contributed by atoms with E-state index in [4.69, 9.17) is 4.98 Å². The Balaban J connectivity index is 1.50. The van der Waals surface area contributed by atoms with Crippen LogP contribution in [0.25, 0.3) is 31.7 Å². The van der Waals surface area contributed by atoms with Crippen molar-refractivity contribution in [2.24, 2.45) is 0 Å². The van der Waals surface area contributed by atoms with Crippen LogP contribution in [0.1, 0.15) is 18.3 Å². The zero-order valence-electron chi connectivity index (χ0n) is 18.3. The molecule has 0 bridgehead atoms. The number of nitrogens with one attached hydrogen (secondary N) is 1. The summed E-state index contributed by atoms with van der Waals surface area (Å²) in [6, 6.07) is 21.5. The molecule has 33 heavy (non-hydrogen) atoms. The van der Waals surface area contributed by atoms with Crippen LogP contribution in [0.2, 0.25) is 0 Å². The average Bonchev–Trinajstić information content (AvgIpc) is 3.20. The molecule has 0 radical (unpaired) electrons. The van der Waals surface area contributed by atoms with Gasteiger partial charge < -0.3 is 5.32 Å². The summed E-state index contributed by atoms with van der Waals surface area (Å²) < 4.78 is 1.93. The van der Waals surface area contributed by atoms with Crippen molar-refractivity contribution < 1.29 is 4.79 Å². The summed E-state index contributed by atoms with van der Waals surface area (Å²) in [5, 5.41) is 3.73. The van der Waals surface area contributed by atoms with Gasteiger partial charge in [-0.3, -0.25) is 14.2 Å². The molecule has 164 valence electrons. The van der Waals surface area contributed by atoms with E-state index < -0.39 is 0 Å². The summed E-state index contributed by atoms with van der Waals surface area (Å²) in [4.78, 5) is 36.2. The van der Waals surface area contributed by atoms with Crippen LogP contribution in [0, 0.1) is 6.92 Å². The predicted octanol–water partition coefficient (Wildman–Crippen LogP) is 5.18. The number of aromatic nitrogens is 3. The molecule has 3 aromatic heterocycles. The van der Waals surface area contributed by atoms with E-state index in [-0.39, 0.29) is 18.0 Å². The molecule has 0 aliphatic rings. The number of fused-ring (bicyclic) bond motifs is 3. The molecule has 1 N–H and O–H groups in total. The highest BCUT2D eigenvalue weighted by atomic mass is 32.1. The van der Waals surface area contributed by atoms with Crippen molar-refractivity contribution >= 4 is 43.4 Å². The monoisotopic (exact) mass is 454 g/mol. The molecule has 1 amide bonds. The van der Waals surface area contributed by atoms with Gasteiger partial charge in [0.25, 0.3) is 5.56 Å². The number of pyridine rings is 1. The number of aryl methyl sites for hydroxylation is 2. The largest absolute Gasteiger partial charge is 0.325 e. The van der Waals surface area contributed by atoms with Crippen molar-refractivity contribution in [1.82, 2.24) is 14.5 Å². The number of amides is 1. The van der Waals surface area contributed by atoms with Crippen molar-refractivity contribution in [1.29, 1.82) is 0 Å². The lowest BCUT2D eigenvalue weighted by Gasteiger charge is -2.10. The van der Waals surface area contributed by atoms with Crippen LogP contribution in [0.5, 0.6) is 0 Å². The molecular weight excluding hydrogens is 432 g/mol. The quantitative estimate of drug-likeness (QED) is 0.397. The van der Waals surface area contributed by atoms with Crippen molar-refractivity contribution in [3.05, 3.63) is 88.5 Å². The Hall–Kier alpha value is -3.84. The first-order valence-corrected chi connectivity index (χ1v) is 11.6. The second-order valence-electron chi connectivity index (χ2n) is 7.85. The molecule has 0 aliphatic heterocycles. The Morgan fingerprint density at radius 1 is 1.03 bits per heavy atom. The number of anilines is 1. The second-order valence-corrected chi connectivity index (χ2v) is 8.85. The van der Waals surface area contributed by atoms with Crippen LogP contribution in [0.3, 0.4) is 0 Å². The van der Waals surface area contributed by atoms with E-state index >= 15 is 0 Å². The first kappa shape index (κ1) is 21.0. The zero-order chi connectivity index (χ0) is 22.9. The van der Waals surface area contributed by atoms with E-state index in [9.17, 15) is 9.59 Å². The minimum Gasteiger partial charge on any atom is -0.325 e. The van der Waals surface area contributed by atoms with Crippen LogP contribution in [0.15, 0.2) is 71.5 Å². The van der Waals surface area contributed by atoms with E-state index in [2.05, 4.69) is 17.2 Å². The molecule has 6 nitrogen and oxygen atoms in total. The highest BCUT2D eigenvalue weighted by molar-refractivity contribution is 7.25. The van der Waals surface area contributed by atoms with Crippen molar-refractivity contribution in [3.63, 3.8) is 0 Å². The Bertz CT molecular complexity index is 1550. The third kappa shape index (κ3) is 4.03. The Labute approximate surface area is 194 Å². The van der Waals surface area contributed by atoms with Crippen LogP contribution >= 0.6 is 11.3 Å².